The highest BCUT2D eigenvalue weighted by atomic mass is 32.2. The first-order valence-corrected chi connectivity index (χ1v) is 35.9. The van der Waals surface area contributed by atoms with Gasteiger partial charge in [-0.15, -0.1) is 15.4 Å². The van der Waals surface area contributed by atoms with Gasteiger partial charge in [0.15, 0.2) is 5.65 Å². The fourth-order valence-electron chi connectivity index (χ4n) is 11.9. The predicted octanol–water partition coefficient (Wildman–Crippen LogP) is 9.37. The molecule has 0 bridgehead atoms. The lowest BCUT2D eigenvalue weighted by atomic mass is 10.0. The van der Waals surface area contributed by atoms with Gasteiger partial charge in [0.05, 0.1) is 42.8 Å². The van der Waals surface area contributed by atoms with Crippen molar-refractivity contribution in [2.75, 3.05) is 71.9 Å². The lowest BCUT2D eigenvalue weighted by Crippen LogP contribution is -2.25. The Hall–Kier alpha value is -10.1. The number of pyridine rings is 1. The fraction of sp³-hybridized carbons (Fsp3) is 0.235. The van der Waals surface area contributed by atoms with Gasteiger partial charge in [-0.3, -0.25) is 19.2 Å². The highest BCUT2D eigenvalue weighted by molar-refractivity contribution is 7.90. The van der Waals surface area contributed by atoms with E-state index in [0.29, 0.717) is 63.9 Å². The van der Waals surface area contributed by atoms with Crippen LogP contribution >= 0.6 is 11.3 Å². The summed E-state index contributed by atoms with van der Waals surface area (Å²) < 4.78 is 115. The number of carbonyl (C=O) groups is 4. The van der Waals surface area contributed by atoms with Crippen LogP contribution in [0.1, 0.15) is 48.8 Å². The van der Waals surface area contributed by atoms with Crippen molar-refractivity contribution in [1.82, 2.24) is 51.8 Å². The Balaban J connectivity index is 0.000000152. The molecule has 0 unspecified atom stereocenters. The fourth-order valence-corrected chi connectivity index (χ4v) is 16.7. The van der Waals surface area contributed by atoms with E-state index in [1.165, 1.54) is 49.4 Å². The summed E-state index contributed by atoms with van der Waals surface area (Å²) in [6, 6.07) is 30.6. The number of carbonyl (C=O) groups excluding carboxylic acids is 1. The van der Waals surface area contributed by atoms with E-state index in [4.69, 9.17) is 29.7 Å². The average molecular weight is 1430 g/mol. The Morgan fingerprint density at radius 1 is 0.515 bits per heavy atom. The monoisotopic (exact) mass is 1430 g/mol. The Labute approximate surface area is 571 Å². The molecule has 1 amide bonds. The van der Waals surface area contributed by atoms with E-state index in [1.54, 1.807) is 64.9 Å². The summed E-state index contributed by atoms with van der Waals surface area (Å²) in [5.74, 6) is -0.929. The topological polar surface area (TPSA) is 316 Å². The van der Waals surface area contributed by atoms with Crippen LogP contribution in [0, 0.1) is 11.6 Å². The van der Waals surface area contributed by atoms with Gasteiger partial charge >= 0.3 is 0 Å². The van der Waals surface area contributed by atoms with E-state index in [-0.39, 0.29) is 40.0 Å². The quantitative estimate of drug-likeness (QED) is 0.113. The maximum Gasteiger partial charge on any atom is 0.290 e. The van der Waals surface area contributed by atoms with Crippen LogP contribution in [-0.2, 0) is 62.7 Å². The van der Waals surface area contributed by atoms with E-state index in [0.717, 1.165) is 119 Å². The Morgan fingerprint density at radius 3 is 1.47 bits per heavy atom. The van der Waals surface area contributed by atoms with Crippen LogP contribution < -0.4 is 4.90 Å². The van der Waals surface area contributed by atoms with Crippen LogP contribution in [0.25, 0.3) is 70.5 Å². The second-order valence-corrected chi connectivity index (χ2v) is 29.6. The summed E-state index contributed by atoms with van der Waals surface area (Å²) in [5.41, 5.74) is 8.22. The SMILES string of the molecule is CC(=O)N1CCc2cc(S(=O)(=O)n3nc(C4=CCN(C)CC4)c4cc(F)ccc43)ccc21.CN1CC=C(c2nn(S(=O)(=O)c3ccc4c(ccn4C)c3)c3ccc(F)cc23)CC1.CN1CC=C(c2nn(S(=O)(=O)c3ccc4sccc4c3)c3ncccc23)CC1.O=CO.O=CO.O=CO. The molecule has 3 N–H and O–H groups in total. The van der Waals surface area contributed by atoms with Gasteiger partial charge in [0.25, 0.3) is 49.5 Å². The number of carboxylic acid groups (broad SMARTS) is 3. The maximum atomic E-state index is 14.1. The number of rotatable bonds is 9. The van der Waals surface area contributed by atoms with Crippen molar-refractivity contribution in [1.29, 1.82) is 0 Å². The summed E-state index contributed by atoms with van der Waals surface area (Å²) in [6.07, 6.45) is 12.5. The number of nitrogens with zero attached hydrogens (tertiary/aromatic N) is 12. The molecule has 99 heavy (non-hydrogen) atoms. The molecule has 0 saturated heterocycles. The third kappa shape index (κ3) is 15.0. The van der Waals surface area contributed by atoms with Crippen molar-refractivity contribution in [3.05, 3.63) is 186 Å². The van der Waals surface area contributed by atoms with Gasteiger partial charge in [0.2, 0.25) is 5.91 Å². The average Bonchev–Trinajstić information content (AvgIpc) is 1.62. The van der Waals surface area contributed by atoms with Crippen LogP contribution in [0.15, 0.2) is 166 Å². The summed E-state index contributed by atoms with van der Waals surface area (Å²) in [6.45, 7) is 6.15. The molecule has 0 radical (unpaired) electrons. The summed E-state index contributed by atoms with van der Waals surface area (Å²) in [5, 5.41) is 39.6. The maximum absolute atomic E-state index is 14.1. The van der Waals surface area contributed by atoms with E-state index in [9.17, 15) is 38.8 Å². The molecule has 5 aromatic carbocycles. The number of hydrogen-bond acceptors (Lipinski definition) is 18. The molecule has 10 heterocycles. The van der Waals surface area contributed by atoms with Gasteiger partial charge < -0.3 is 39.5 Å². The zero-order chi connectivity index (χ0) is 71.1. The number of hydrogen-bond donors (Lipinski definition) is 3. The Bertz CT molecular complexity index is 5360. The molecule has 11 aromatic rings. The highest BCUT2D eigenvalue weighted by Crippen LogP contribution is 2.37. The van der Waals surface area contributed by atoms with Crippen LogP contribution in [0.5, 0.6) is 0 Å². The minimum atomic E-state index is -4.02. The number of fused-ring (bicyclic) bond motifs is 6. The first kappa shape index (κ1) is 71.6. The second kappa shape index (κ2) is 30.3. The number of aromatic nitrogens is 8. The van der Waals surface area contributed by atoms with Crippen LogP contribution in [0.4, 0.5) is 14.5 Å². The van der Waals surface area contributed by atoms with E-state index >= 15 is 0 Å². The number of aryl methyl sites for hydroxylation is 1. The van der Waals surface area contributed by atoms with Gasteiger partial charge in [-0.2, -0.15) is 48.7 Å². The molecule has 6 aromatic heterocycles. The number of benzene rings is 5. The third-order valence-electron chi connectivity index (χ3n) is 17.0. The van der Waals surface area contributed by atoms with Crippen molar-refractivity contribution in [3.63, 3.8) is 0 Å². The minimum Gasteiger partial charge on any atom is -0.483 e. The molecule has 0 spiro atoms. The van der Waals surface area contributed by atoms with Gasteiger partial charge in [0, 0.05) is 110 Å². The molecule has 31 heteroatoms. The number of thiophene rings is 1. The molecular formula is C68H68F2N12O13S4. The summed E-state index contributed by atoms with van der Waals surface area (Å²) in [4.78, 5) is 49.9. The molecule has 15 rings (SSSR count). The second-order valence-electron chi connectivity index (χ2n) is 23.3. The van der Waals surface area contributed by atoms with Crippen LogP contribution in [0.2, 0.25) is 0 Å². The first-order chi connectivity index (χ1) is 47.4. The van der Waals surface area contributed by atoms with E-state index in [1.807, 2.05) is 79.8 Å². The number of halogens is 2. The van der Waals surface area contributed by atoms with Gasteiger partial charge in [0.1, 0.15) is 11.6 Å². The molecule has 4 aliphatic rings. The lowest BCUT2D eigenvalue weighted by molar-refractivity contribution is -0.123. The first-order valence-electron chi connectivity index (χ1n) is 30.7. The Morgan fingerprint density at radius 2 is 0.970 bits per heavy atom. The van der Waals surface area contributed by atoms with E-state index < -0.39 is 41.7 Å². The van der Waals surface area contributed by atoms with Crippen molar-refractivity contribution in [2.24, 2.45) is 7.05 Å². The van der Waals surface area contributed by atoms with E-state index in [2.05, 4.69) is 48.1 Å². The van der Waals surface area contributed by atoms with Gasteiger partial charge in [-0.25, -0.2) is 13.8 Å². The smallest absolute Gasteiger partial charge is 0.290 e. The van der Waals surface area contributed by atoms with Crippen LogP contribution in [0.3, 0.4) is 0 Å². The number of anilines is 1. The zero-order valence-electron chi connectivity index (χ0n) is 54.1. The van der Waals surface area contributed by atoms with Crippen molar-refractivity contribution in [2.45, 2.75) is 47.3 Å². The van der Waals surface area contributed by atoms with Crippen molar-refractivity contribution >= 4 is 143 Å². The molecule has 25 nitrogen and oxygen atoms in total. The highest BCUT2D eigenvalue weighted by Gasteiger charge is 2.31. The molecule has 0 saturated carbocycles. The molecule has 0 atom stereocenters. The lowest BCUT2D eigenvalue weighted by Gasteiger charge is -2.21. The molecular weight excluding hydrogens is 1360 g/mol. The summed E-state index contributed by atoms with van der Waals surface area (Å²) in [7, 11) is -3.82. The predicted molar refractivity (Wildman–Crippen MR) is 374 cm³/mol. The summed E-state index contributed by atoms with van der Waals surface area (Å²) >= 11 is 1.59. The Kier molecular flexibility index (Phi) is 21.9. The normalized spacial score (nSPS) is 15.1. The van der Waals surface area contributed by atoms with Gasteiger partial charge in [-0.1, -0.05) is 18.2 Å². The minimum absolute atomic E-state index is 0.0736. The molecule has 0 aliphatic carbocycles. The van der Waals surface area contributed by atoms with Gasteiger partial charge in [-0.05, 0) is 195 Å². The van der Waals surface area contributed by atoms with Crippen LogP contribution in [-0.4, -0.2) is 185 Å². The third-order valence-corrected chi connectivity index (χ3v) is 22.6. The zero-order valence-corrected chi connectivity index (χ0v) is 57.4. The number of amides is 1. The largest absolute Gasteiger partial charge is 0.483 e. The standard InChI is InChI=1S/C23H23FN4O3S.C22H21FN4O2S.C20H18N4O2S2.3CH2O2/c1-15(29)27-12-9-17-13-19(4-6-21(17)27)32(30,31)28-22-5-3-18(24)14-20(22)23(25-28)16-7-10-26(2)11-8-16;1-25-10-7-15(8-11-25)22-19-14-17(23)3-5-21(19)27(24-22)30(28,29)18-4-6-20-16(13-18)9-12-26(20)2;1-23-10-6-14(7-11-23)19-17-3-2-9-21-20(17)24(22-19)28(25,26)16-4-5-18-15(13-16)8-12-27-18;3*2-1-3/h3-7,13-14H,8-12H2,1-2H3;3-7,9,12-14H,8,10-11H2,1-2H3;2-6,8-9,12-13H,7,10-11H2,1H3;3*1H,(H,2,3). The number of likely N-dealkylation sites (N-methyl/N-ethyl adjacent to an activating group) is 3. The van der Waals surface area contributed by atoms with Crippen molar-refractivity contribution < 1.29 is 68.5 Å². The van der Waals surface area contributed by atoms with Crippen molar-refractivity contribution in [3.8, 4) is 0 Å². The molecule has 4 aliphatic heterocycles. The molecule has 516 valence electrons. The molecule has 0 fully saturated rings.